The molecule has 0 aliphatic carbocycles. The fourth-order valence-corrected chi connectivity index (χ4v) is 1.14. The molecule has 66 valence electrons. The Morgan fingerprint density at radius 1 is 1.58 bits per heavy atom. The van der Waals surface area contributed by atoms with Crippen molar-refractivity contribution in [2.45, 2.75) is 6.42 Å². The Hall–Kier alpha value is -0.360. The van der Waals surface area contributed by atoms with Crippen LogP contribution in [0.2, 0.25) is 0 Å². The first-order valence-corrected chi connectivity index (χ1v) is 4.77. The molecule has 0 spiro atoms. The molecule has 0 atom stereocenters. The van der Waals surface area contributed by atoms with E-state index in [2.05, 4.69) is 31.4 Å². The number of hydrogen-bond acceptors (Lipinski definition) is 3. The largest absolute Gasteiger partial charge is 0.481 e. The number of ether oxygens (including phenoxy) is 1. The maximum absolute atomic E-state index is 4.95. The molecule has 1 N–H and O–H groups in total. The minimum Gasteiger partial charge on any atom is -0.481 e. The molecule has 0 aliphatic heterocycles. The fraction of sp³-hybridized carbons (Fsp3) is 0.375. The third kappa shape index (κ3) is 2.94. The maximum atomic E-state index is 4.95. The molecular formula is C8H11IN2O. The lowest BCUT2D eigenvalue weighted by Gasteiger charge is -2.00. The van der Waals surface area contributed by atoms with E-state index >= 15 is 0 Å². The Morgan fingerprint density at radius 2 is 2.42 bits per heavy atom. The van der Waals surface area contributed by atoms with Crippen LogP contribution in [0, 0.1) is 0 Å². The van der Waals surface area contributed by atoms with Gasteiger partial charge < -0.3 is 4.74 Å². The number of halogens is 1. The van der Waals surface area contributed by atoms with Crippen LogP contribution < -0.4 is 8.27 Å². The molecule has 1 heterocycles. The number of hydrogen-bond donors (Lipinski definition) is 1. The molecule has 0 fully saturated rings. The Bertz CT molecular complexity index is 225. The van der Waals surface area contributed by atoms with Gasteiger partial charge in [0.25, 0.3) is 0 Å². The highest BCUT2D eigenvalue weighted by Gasteiger charge is 1.94. The number of nitrogens with zero attached hydrogens (tertiary/aromatic N) is 1. The first kappa shape index (κ1) is 9.73. The molecule has 0 unspecified atom stereocenters. The van der Waals surface area contributed by atoms with Crippen molar-refractivity contribution in [2.24, 2.45) is 0 Å². The molecule has 0 aromatic carbocycles. The van der Waals surface area contributed by atoms with E-state index in [0.717, 1.165) is 13.0 Å². The van der Waals surface area contributed by atoms with Crippen molar-refractivity contribution in [3.05, 3.63) is 23.9 Å². The van der Waals surface area contributed by atoms with E-state index in [9.17, 15) is 0 Å². The van der Waals surface area contributed by atoms with E-state index in [4.69, 9.17) is 4.74 Å². The highest BCUT2D eigenvalue weighted by atomic mass is 127. The molecule has 0 saturated heterocycles. The van der Waals surface area contributed by atoms with Gasteiger partial charge in [-0.2, -0.15) is 0 Å². The van der Waals surface area contributed by atoms with Crippen LogP contribution in [0.1, 0.15) is 5.56 Å². The zero-order valence-electron chi connectivity index (χ0n) is 6.88. The Morgan fingerprint density at radius 3 is 2.92 bits per heavy atom. The summed E-state index contributed by atoms with van der Waals surface area (Å²) in [5.74, 6) is 0.668. The standard InChI is InChI=1S/C8H11IN2O/c1-12-8-3-2-7(6-10-8)4-5-11-9/h2-3,6,11H,4-5H2,1H3. The summed E-state index contributed by atoms with van der Waals surface area (Å²) in [6, 6.07) is 3.91. The molecule has 0 bridgehead atoms. The Labute approximate surface area is 86.0 Å². The van der Waals surface area contributed by atoms with Gasteiger partial charge in [0.2, 0.25) is 5.88 Å². The van der Waals surface area contributed by atoms with Gasteiger partial charge in [-0.3, -0.25) is 3.53 Å². The average molecular weight is 278 g/mol. The molecule has 0 radical (unpaired) electrons. The minimum atomic E-state index is 0.668. The van der Waals surface area contributed by atoms with Gasteiger partial charge in [0.15, 0.2) is 0 Å². The van der Waals surface area contributed by atoms with E-state index in [1.807, 2.05) is 18.3 Å². The van der Waals surface area contributed by atoms with E-state index in [1.54, 1.807) is 7.11 Å². The Balaban J connectivity index is 2.53. The van der Waals surface area contributed by atoms with E-state index in [-0.39, 0.29) is 0 Å². The zero-order valence-corrected chi connectivity index (χ0v) is 9.04. The summed E-state index contributed by atoms with van der Waals surface area (Å²) in [4.78, 5) is 4.10. The second kappa shape index (κ2) is 5.31. The fourth-order valence-electron chi connectivity index (χ4n) is 0.871. The van der Waals surface area contributed by atoms with E-state index in [1.165, 1.54) is 5.56 Å². The summed E-state index contributed by atoms with van der Waals surface area (Å²) in [6.07, 6.45) is 2.84. The number of nitrogens with one attached hydrogen (secondary N) is 1. The van der Waals surface area contributed by atoms with Gasteiger partial charge in [0.1, 0.15) is 0 Å². The van der Waals surface area contributed by atoms with Gasteiger partial charge >= 0.3 is 0 Å². The highest BCUT2D eigenvalue weighted by molar-refractivity contribution is 14.1. The molecule has 1 aromatic heterocycles. The average Bonchev–Trinajstić information content (AvgIpc) is 2.15. The van der Waals surface area contributed by atoms with Gasteiger partial charge in [0.05, 0.1) is 7.11 Å². The van der Waals surface area contributed by atoms with Crippen molar-refractivity contribution < 1.29 is 4.74 Å². The smallest absolute Gasteiger partial charge is 0.212 e. The molecule has 0 aliphatic rings. The monoisotopic (exact) mass is 278 g/mol. The molecule has 12 heavy (non-hydrogen) atoms. The van der Waals surface area contributed by atoms with Crippen LogP contribution in [0.4, 0.5) is 0 Å². The van der Waals surface area contributed by atoms with Crippen molar-refractivity contribution in [1.29, 1.82) is 0 Å². The van der Waals surface area contributed by atoms with Gasteiger partial charge in [-0.05, 0) is 12.0 Å². The van der Waals surface area contributed by atoms with Gasteiger partial charge in [0, 0.05) is 41.7 Å². The van der Waals surface area contributed by atoms with E-state index in [0.29, 0.717) is 5.88 Å². The van der Waals surface area contributed by atoms with Crippen LogP contribution in [0.5, 0.6) is 5.88 Å². The molecule has 0 saturated carbocycles. The lowest BCUT2D eigenvalue weighted by Crippen LogP contribution is -2.03. The van der Waals surface area contributed by atoms with Crippen LogP contribution in [0.3, 0.4) is 0 Å². The number of aromatic nitrogens is 1. The quantitative estimate of drug-likeness (QED) is 0.670. The van der Waals surface area contributed by atoms with Crippen LogP contribution in [-0.4, -0.2) is 18.6 Å². The SMILES string of the molecule is COc1ccc(CCNI)cn1. The second-order valence-corrected chi connectivity index (χ2v) is 3.11. The predicted octanol–water partition coefficient (Wildman–Crippen LogP) is 1.57. The molecule has 3 nitrogen and oxygen atoms in total. The first-order chi connectivity index (χ1) is 5.86. The van der Waals surface area contributed by atoms with Gasteiger partial charge in [-0.1, -0.05) is 6.07 Å². The second-order valence-electron chi connectivity index (χ2n) is 2.34. The molecule has 1 rings (SSSR count). The van der Waals surface area contributed by atoms with Crippen LogP contribution in [-0.2, 0) is 6.42 Å². The normalized spacial score (nSPS) is 9.83. The number of methoxy groups -OCH3 is 1. The van der Waals surface area contributed by atoms with E-state index < -0.39 is 0 Å². The third-order valence-electron chi connectivity index (χ3n) is 1.51. The number of pyridine rings is 1. The van der Waals surface area contributed by atoms with Crippen LogP contribution in [0.25, 0.3) is 0 Å². The van der Waals surface area contributed by atoms with Crippen molar-refractivity contribution in [2.75, 3.05) is 13.7 Å². The molecular weight excluding hydrogens is 267 g/mol. The Kier molecular flexibility index (Phi) is 4.31. The van der Waals surface area contributed by atoms with Gasteiger partial charge in [-0.15, -0.1) is 0 Å². The summed E-state index contributed by atoms with van der Waals surface area (Å²) in [5.41, 5.74) is 1.22. The van der Waals surface area contributed by atoms with Crippen molar-refractivity contribution in [3.63, 3.8) is 0 Å². The first-order valence-electron chi connectivity index (χ1n) is 3.69. The van der Waals surface area contributed by atoms with Crippen LogP contribution in [0.15, 0.2) is 18.3 Å². The molecule has 0 amide bonds. The lowest BCUT2D eigenvalue weighted by molar-refractivity contribution is 0.397. The van der Waals surface area contributed by atoms with Crippen LogP contribution >= 0.6 is 22.9 Å². The molecule has 1 aromatic rings. The third-order valence-corrected chi connectivity index (χ3v) is 2.05. The summed E-state index contributed by atoms with van der Waals surface area (Å²) in [7, 11) is 1.62. The summed E-state index contributed by atoms with van der Waals surface area (Å²) in [5, 5.41) is 0. The summed E-state index contributed by atoms with van der Waals surface area (Å²) < 4.78 is 8.00. The topological polar surface area (TPSA) is 34.1 Å². The predicted molar refractivity (Wildman–Crippen MR) is 56.5 cm³/mol. The summed E-state index contributed by atoms with van der Waals surface area (Å²) >= 11 is 2.13. The number of rotatable bonds is 4. The highest BCUT2D eigenvalue weighted by Crippen LogP contribution is 2.06. The van der Waals surface area contributed by atoms with Crippen molar-refractivity contribution in [1.82, 2.24) is 8.51 Å². The minimum absolute atomic E-state index is 0.668. The van der Waals surface area contributed by atoms with Gasteiger partial charge in [-0.25, -0.2) is 4.98 Å². The lowest BCUT2D eigenvalue weighted by atomic mass is 10.2. The van der Waals surface area contributed by atoms with Crippen molar-refractivity contribution >= 4 is 22.9 Å². The summed E-state index contributed by atoms with van der Waals surface area (Å²) in [6.45, 7) is 0.967. The maximum Gasteiger partial charge on any atom is 0.212 e. The zero-order chi connectivity index (χ0) is 8.81. The molecule has 4 heteroatoms. The van der Waals surface area contributed by atoms with Crippen molar-refractivity contribution in [3.8, 4) is 5.88 Å².